The van der Waals surface area contributed by atoms with Crippen LogP contribution in [0.3, 0.4) is 0 Å². The topological polar surface area (TPSA) is 85.8 Å². The zero-order chi connectivity index (χ0) is 17.1. The molecular formula is C15H26ClIN4O2S. The van der Waals surface area contributed by atoms with Gasteiger partial charge in [0, 0.05) is 30.9 Å². The van der Waals surface area contributed by atoms with Crippen molar-refractivity contribution in [3.63, 3.8) is 0 Å². The largest absolute Gasteiger partial charge is 0.386 e. The number of nitrogens with one attached hydrogen (secondary N) is 3. The van der Waals surface area contributed by atoms with Crippen molar-refractivity contribution in [2.24, 2.45) is 4.99 Å². The molecule has 1 amide bonds. The lowest BCUT2D eigenvalue weighted by molar-refractivity contribution is -0.120. The first kappa shape index (κ1) is 23.4. The standard InChI is InChI=1S/C15H25ClN4O2S.HI/c1-3-8-18-14(22)7-9-19-15(17-4-2)20-10-11(21)12-5-6-13(16)23-12;/h5-6,11,21H,3-4,7-10H2,1-2H3,(H,18,22)(H2,17,19,20);1H. The molecule has 0 bridgehead atoms. The quantitative estimate of drug-likeness (QED) is 0.244. The summed E-state index contributed by atoms with van der Waals surface area (Å²) < 4.78 is 0.645. The van der Waals surface area contributed by atoms with Crippen molar-refractivity contribution >= 4 is 58.8 Å². The molecule has 0 aliphatic carbocycles. The van der Waals surface area contributed by atoms with Gasteiger partial charge in [-0.2, -0.15) is 0 Å². The van der Waals surface area contributed by atoms with Gasteiger partial charge in [-0.1, -0.05) is 18.5 Å². The Balaban J connectivity index is 0.00000529. The third-order valence-corrected chi connectivity index (χ3v) is 4.24. The van der Waals surface area contributed by atoms with Gasteiger partial charge in [0.2, 0.25) is 5.91 Å². The first-order valence-corrected chi connectivity index (χ1v) is 8.98. The molecule has 138 valence electrons. The summed E-state index contributed by atoms with van der Waals surface area (Å²) >= 11 is 7.20. The minimum absolute atomic E-state index is 0. The summed E-state index contributed by atoms with van der Waals surface area (Å²) in [4.78, 5) is 16.7. The van der Waals surface area contributed by atoms with E-state index < -0.39 is 6.10 Å². The number of amides is 1. The number of guanidine groups is 1. The van der Waals surface area contributed by atoms with Crippen molar-refractivity contribution in [3.8, 4) is 0 Å². The summed E-state index contributed by atoms with van der Waals surface area (Å²) in [5, 5.41) is 19.1. The van der Waals surface area contributed by atoms with Crippen LogP contribution in [0.25, 0.3) is 0 Å². The number of hydrogen-bond donors (Lipinski definition) is 4. The average Bonchev–Trinajstić information content (AvgIpc) is 2.96. The molecular weight excluding hydrogens is 463 g/mol. The number of rotatable bonds is 9. The van der Waals surface area contributed by atoms with E-state index in [2.05, 4.69) is 20.9 Å². The van der Waals surface area contributed by atoms with Gasteiger partial charge in [-0.3, -0.25) is 9.79 Å². The predicted molar refractivity (Wildman–Crippen MR) is 112 cm³/mol. The lowest BCUT2D eigenvalue weighted by Crippen LogP contribution is -2.39. The first-order valence-electron chi connectivity index (χ1n) is 7.79. The fourth-order valence-electron chi connectivity index (χ4n) is 1.76. The van der Waals surface area contributed by atoms with Crippen molar-refractivity contribution in [1.82, 2.24) is 16.0 Å². The van der Waals surface area contributed by atoms with Crippen molar-refractivity contribution in [1.29, 1.82) is 0 Å². The Labute approximate surface area is 169 Å². The Morgan fingerprint density at radius 3 is 2.62 bits per heavy atom. The monoisotopic (exact) mass is 488 g/mol. The lowest BCUT2D eigenvalue weighted by Gasteiger charge is -2.12. The molecule has 24 heavy (non-hydrogen) atoms. The van der Waals surface area contributed by atoms with Crippen LogP contribution in [-0.2, 0) is 4.79 Å². The second-order valence-corrected chi connectivity index (χ2v) is 6.65. The lowest BCUT2D eigenvalue weighted by atomic mass is 10.3. The third kappa shape index (κ3) is 9.65. The molecule has 1 rings (SSSR count). The van der Waals surface area contributed by atoms with Crippen LogP contribution in [0, 0.1) is 0 Å². The zero-order valence-electron chi connectivity index (χ0n) is 14.0. The van der Waals surface area contributed by atoms with Crippen LogP contribution >= 0.6 is 46.9 Å². The van der Waals surface area contributed by atoms with Gasteiger partial charge in [0.1, 0.15) is 6.10 Å². The number of carbonyl (C=O) groups is 1. The van der Waals surface area contributed by atoms with Crippen LogP contribution in [0.15, 0.2) is 17.1 Å². The highest BCUT2D eigenvalue weighted by atomic mass is 127. The molecule has 4 N–H and O–H groups in total. The second kappa shape index (κ2) is 13.7. The minimum atomic E-state index is -0.684. The van der Waals surface area contributed by atoms with Gasteiger partial charge >= 0.3 is 0 Å². The van der Waals surface area contributed by atoms with Crippen LogP contribution in [0.4, 0.5) is 0 Å². The van der Waals surface area contributed by atoms with Crippen molar-refractivity contribution in [2.75, 3.05) is 26.2 Å². The molecule has 1 aromatic heterocycles. The summed E-state index contributed by atoms with van der Waals surface area (Å²) in [5.74, 6) is 0.598. The average molecular weight is 489 g/mol. The van der Waals surface area contributed by atoms with Gasteiger partial charge < -0.3 is 21.1 Å². The number of halogens is 2. The van der Waals surface area contributed by atoms with E-state index in [0.717, 1.165) is 11.3 Å². The maximum atomic E-state index is 11.5. The van der Waals surface area contributed by atoms with E-state index in [1.165, 1.54) is 11.3 Å². The summed E-state index contributed by atoms with van der Waals surface area (Å²) in [7, 11) is 0. The summed E-state index contributed by atoms with van der Waals surface area (Å²) in [6.07, 6.45) is 0.623. The van der Waals surface area contributed by atoms with Crippen molar-refractivity contribution in [3.05, 3.63) is 21.3 Å². The van der Waals surface area contributed by atoms with E-state index in [4.69, 9.17) is 11.6 Å². The summed E-state index contributed by atoms with van der Waals surface area (Å²) in [6, 6.07) is 3.55. The molecule has 1 atom stereocenters. The van der Waals surface area contributed by atoms with Gasteiger partial charge in [0.15, 0.2) is 5.96 Å². The van der Waals surface area contributed by atoms with Gasteiger partial charge in [-0.15, -0.1) is 35.3 Å². The maximum Gasteiger partial charge on any atom is 0.221 e. The number of aliphatic imine (C=N–C) groups is 1. The Kier molecular flexibility index (Phi) is 13.4. The molecule has 0 radical (unpaired) electrons. The highest BCUT2D eigenvalue weighted by molar-refractivity contribution is 14.0. The molecule has 1 unspecified atom stereocenters. The van der Waals surface area contributed by atoms with Crippen LogP contribution in [0.2, 0.25) is 4.34 Å². The predicted octanol–water partition coefficient (Wildman–Crippen LogP) is 2.52. The van der Waals surface area contributed by atoms with E-state index in [9.17, 15) is 9.90 Å². The zero-order valence-corrected chi connectivity index (χ0v) is 17.9. The maximum absolute atomic E-state index is 11.5. The normalized spacial score (nSPS) is 12.2. The molecule has 0 saturated heterocycles. The Morgan fingerprint density at radius 1 is 1.29 bits per heavy atom. The van der Waals surface area contributed by atoms with Crippen LogP contribution < -0.4 is 16.0 Å². The number of hydrogen-bond acceptors (Lipinski definition) is 4. The number of thiophene rings is 1. The molecule has 6 nitrogen and oxygen atoms in total. The molecule has 1 aromatic rings. The van der Waals surface area contributed by atoms with Crippen LogP contribution in [-0.4, -0.2) is 43.2 Å². The molecule has 0 spiro atoms. The smallest absolute Gasteiger partial charge is 0.221 e. The Hall–Kier alpha value is -0.580. The number of nitrogens with zero attached hydrogens (tertiary/aromatic N) is 1. The SMILES string of the molecule is CCCNC(=O)CCNC(=NCC(O)c1ccc(Cl)s1)NCC.I. The summed E-state index contributed by atoms with van der Waals surface area (Å²) in [5.41, 5.74) is 0. The third-order valence-electron chi connectivity index (χ3n) is 2.91. The fourth-order valence-corrected chi connectivity index (χ4v) is 2.80. The van der Waals surface area contributed by atoms with Gasteiger partial charge in [-0.05, 0) is 25.5 Å². The molecule has 0 aliphatic rings. The van der Waals surface area contributed by atoms with Gasteiger partial charge in [0.25, 0.3) is 0 Å². The highest BCUT2D eigenvalue weighted by Crippen LogP contribution is 2.26. The van der Waals surface area contributed by atoms with E-state index in [1.54, 1.807) is 12.1 Å². The van der Waals surface area contributed by atoms with Gasteiger partial charge in [0.05, 0.1) is 10.9 Å². The molecule has 1 heterocycles. The summed E-state index contributed by atoms with van der Waals surface area (Å²) in [6.45, 7) is 6.09. The molecule has 9 heteroatoms. The van der Waals surface area contributed by atoms with E-state index in [0.29, 0.717) is 36.4 Å². The first-order chi connectivity index (χ1) is 11.1. The van der Waals surface area contributed by atoms with E-state index in [1.807, 2.05) is 13.8 Å². The Morgan fingerprint density at radius 2 is 2.04 bits per heavy atom. The molecule has 0 aliphatic heterocycles. The van der Waals surface area contributed by atoms with E-state index >= 15 is 0 Å². The molecule has 0 fully saturated rings. The number of carbonyl (C=O) groups excluding carboxylic acids is 1. The minimum Gasteiger partial charge on any atom is -0.386 e. The fraction of sp³-hybridized carbons (Fsp3) is 0.600. The van der Waals surface area contributed by atoms with Crippen LogP contribution in [0.1, 0.15) is 37.7 Å². The van der Waals surface area contributed by atoms with Crippen molar-refractivity contribution < 1.29 is 9.90 Å². The van der Waals surface area contributed by atoms with Crippen molar-refractivity contribution in [2.45, 2.75) is 32.8 Å². The molecule has 0 aromatic carbocycles. The Bertz CT molecular complexity index is 513. The van der Waals surface area contributed by atoms with Crippen LogP contribution in [0.5, 0.6) is 0 Å². The van der Waals surface area contributed by atoms with E-state index in [-0.39, 0.29) is 36.4 Å². The second-order valence-electron chi connectivity index (χ2n) is 4.90. The highest BCUT2D eigenvalue weighted by Gasteiger charge is 2.10. The number of aliphatic hydroxyl groups is 1. The number of aliphatic hydroxyl groups excluding tert-OH is 1. The molecule has 0 saturated carbocycles. The van der Waals surface area contributed by atoms with Gasteiger partial charge in [-0.25, -0.2) is 0 Å².